The number of aliphatic imine (C=N–C) groups is 1. The minimum atomic E-state index is 0.159. The van der Waals surface area contributed by atoms with Crippen LogP contribution in [0.1, 0.15) is 0 Å². The Kier molecular flexibility index (Phi) is 4.08. The van der Waals surface area contributed by atoms with Crippen molar-refractivity contribution >= 4 is 16.9 Å². The molecular formula is C4H7N3S. The maximum Gasteiger partial charge on any atom is 0.154 e. The predicted molar refractivity (Wildman–Crippen MR) is 35.6 cm³/mol. The van der Waals surface area contributed by atoms with Crippen molar-refractivity contribution in [1.29, 1.82) is 5.26 Å². The van der Waals surface area contributed by atoms with Gasteiger partial charge in [-0.2, -0.15) is 5.26 Å². The van der Waals surface area contributed by atoms with Gasteiger partial charge in [-0.1, -0.05) is 11.8 Å². The second-order valence-corrected chi connectivity index (χ2v) is 1.84. The highest BCUT2D eigenvalue weighted by atomic mass is 32.2. The number of rotatable bonds is 1. The SMILES string of the molecule is CSC(N)=NCC#N. The first kappa shape index (κ1) is 7.31. The third kappa shape index (κ3) is 3.50. The van der Waals surface area contributed by atoms with Crippen LogP contribution in [-0.4, -0.2) is 18.0 Å². The summed E-state index contributed by atoms with van der Waals surface area (Å²) >= 11 is 1.34. The van der Waals surface area contributed by atoms with E-state index in [4.69, 9.17) is 11.0 Å². The van der Waals surface area contributed by atoms with E-state index < -0.39 is 0 Å². The van der Waals surface area contributed by atoms with Gasteiger partial charge in [0.15, 0.2) is 5.17 Å². The molecule has 0 aliphatic heterocycles. The zero-order valence-electron chi connectivity index (χ0n) is 4.59. The van der Waals surface area contributed by atoms with Crippen LogP contribution in [0, 0.1) is 11.3 Å². The van der Waals surface area contributed by atoms with Gasteiger partial charge >= 0.3 is 0 Å². The summed E-state index contributed by atoms with van der Waals surface area (Å²) in [5, 5.41) is 8.45. The Labute approximate surface area is 52.6 Å². The maximum atomic E-state index is 7.99. The smallest absolute Gasteiger partial charge is 0.154 e. The zero-order valence-corrected chi connectivity index (χ0v) is 5.40. The Hall–Kier alpha value is -0.690. The molecule has 2 N–H and O–H groups in total. The first-order valence-corrected chi connectivity index (χ1v) is 3.24. The zero-order chi connectivity index (χ0) is 6.41. The van der Waals surface area contributed by atoms with E-state index in [0.29, 0.717) is 5.17 Å². The van der Waals surface area contributed by atoms with Crippen LogP contribution in [0.5, 0.6) is 0 Å². The first-order chi connectivity index (χ1) is 3.81. The third-order valence-electron chi connectivity index (χ3n) is 0.515. The first-order valence-electron chi connectivity index (χ1n) is 2.02. The fraction of sp³-hybridized carbons (Fsp3) is 0.500. The second-order valence-electron chi connectivity index (χ2n) is 1.02. The quantitative estimate of drug-likeness (QED) is 0.312. The molecule has 0 fully saturated rings. The van der Waals surface area contributed by atoms with Gasteiger partial charge in [0.1, 0.15) is 6.54 Å². The molecule has 0 atom stereocenters. The van der Waals surface area contributed by atoms with Gasteiger partial charge in [-0.3, -0.25) is 0 Å². The summed E-state index contributed by atoms with van der Waals surface area (Å²) in [6.07, 6.45) is 1.82. The molecular weight excluding hydrogens is 122 g/mol. The molecule has 0 bridgehead atoms. The second kappa shape index (κ2) is 4.47. The number of hydrogen-bond acceptors (Lipinski definition) is 3. The van der Waals surface area contributed by atoms with Crippen LogP contribution in [0.3, 0.4) is 0 Å². The molecule has 0 saturated heterocycles. The van der Waals surface area contributed by atoms with Crippen molar-refractivity contribution in [2.24, 2.45) is 10.7 Å². The molecule has 0 amide bonds. The Bertz CT molecular complexity index is 124. The summed E-state index contributed by atoms with van der Waals surface area (Å²) in [5.74, 6) is 0. The van der Waals surface area contributed by atoms with E-state index >= 15 is 0 Å². The summed E-state index contributed by atoms with van der Waals surface area (Å²) in [7, 11) is 0. The highest BCUT2D eigenvalue weighted by molar-refractivity contribution is 8.13. The molecule has 0 aromatic rings. The van der Waals surface area contributed by atoms with Gasteiger partial charge < -0.3 is 5.73 Å². The molecule has 0 aliphatic rings. The lowest BCUT2D eigenvalue weighted by atomic mass is 10.8. The highest BCUT2D eigenvalue weighted by Crippen LogP contribution is 1.88. The van der Waals surface area contributed by atoms with Gasteiger partial charge in [-0.05, 0) is 6.26 Å². The number of hydrogen-bond donors (Lipinski definition) is 1. The van der Waals surface area contributed by atoms with E-state index in [1.165, 1.54) is 11.8 Å². The van der Waals surface area contributed by atoms with Crippen LogP contribution in [0.4, 0.5) is 0 Å². The number of nitrogens with zero attached hydrogens (tertiary/aromatic N) is 2. The maximum absolute atomic E-state index is 7.99. The number of amidine groups is 1. The lowest BCUT2D eigenvalue weighted by Gasteiger charge is -1.87. The molecule has 3 nitrogen and oxygen atoms in total. The molecule has 0 spiro atoms. The minimum Gasteiger partial charge on any atom is -0.379 e. The monoisotopic (exact) mass is 129 g/mol. The van der Waals surface area contributed by atoms with Crippen LogP contribution in [0.25, 0.3) is 0 Å². The van der Waals surface area contributed by atoms with Crippen molar-refractivity contribution in [1.82, 2.24) is 0 Å². The van der Waals surface area contributed by atoms with Crippen molar-refractivity contribution in [2.45, 2.75) is 0 Å². The summed E-state index contributed by atoms with van der Waals surface area (Å²) < 4.78 is 0. The highest BCUT2D eigenvalue weighted by Gasteiger charge is 1.81. The van der Waals surface area contributed by atoms with Crippen LogP contribution in [0.15, 0.2) is 4.99 Å². The topological polar surface area (TPSA) is 62.2 Å². The summed E-state index contributed by atoms with van der Waals surface area (Å²) in [6.45, 7) is 0.159. The largest absolute Gasteiger partial charge is 0.379 e. The van der Waals surface area contributed by atoms with Crippen molar-refractivity contribution in [3.63, 3.8) is 0 Å². The van der Waals surface area contributed by atoms with Gasteiger partial charge in [-0.15, -0.1) is 0 Å². The van der Waals surface area contributed by atoms with Crippen molar-refractivity contribution < 1.29 is 0 Å². The fourth-order valence-corrected chi connectivity index (χ4v) is 0.371. The van der Waals surface area contributed by atoms with Gasteiger partial charge in [0.05, 0.1) is 6.07 Å². The average Bonchev–Trinajstić information content (AvgIpc) is 1.83. The Morgan fingerprint density at radius 2 is 2.62 bits per heavy atom. The standard InChI is InChI=1S/C4H7N3S/c1-8-4(6)7-3-2-5/h3H2,1H3,(H2,6,7). The van der Waals surface area contributed by atoms with E-state index in [2.05, 4.69) is 4.99 Å². The lowest BCUT2D eigenvalue weighted by Crippen LogP contribution is -2.05. The molecule has 0 heterocycles. The Morgan fingerprint density at radius 3 is 3.00 bits per heavy atom. The fourth-order valence-electron chi connectivity index (χ4n) is 0.178. The van der Waals surface area contributed by atoms with Crippen molar-refractivity contribution in [3.8, 4) is 6.07 Å². The Morgan fingerprint density at radius 1 is 2.00 bits per heavy atom. The predicted octanol–water partition coefficient (Wildman–Crippen LogP) is 0.188. The van der Waals surface area contributed by atoms with Gasteiger partial charge in [-0.25, -0.2) is 4.99 Å². The molecule has 0 aromatic carbocycles. The van der Waals surface area contributed by atoms with E-state index in [-0.39, 0.29) is 6.54 Å². The van der Waals surface area contributed by atoms with Gasteiger partial charge in [0.25, 0.3) is 0 Å². The summed E-state index contributed by atoms with van der Waals surface area (Å²) in [6, 6.07) is 1.85. The average molecular weight is 129 g/mol. The normalized spacial score (nSPS) is 10.8. The van der Waals surface area contributed by atoms with Crippen molar-refractivity contribution in [3.05, 3.63) is 0 Å². The van der Waals surface area contributed by atoms with Gasteiger partial charge in [0.2, 0.25) is 0 Å². The summed E-state index contributed by atoms with van der Waals surface area (Å²) in [5.41, 5.74) is 5.22. The van der Waals surface area contributed by atoms with Gasteiger partial charge in [0, 0.05) is 0 Å². The number of thioether (sulfide) groups is 1. The molecule has 8 heavy (non-hydrogen) atoms. The molecule has 0 saturated carbocycles. The minimum absolute atomic E-state index is 0.159. The molecule has 0 rings (SSSR count). The molecule has 4 heteroatoms. The number of nitriles is 1. The van der Waals surface area contributed by atoms with E-state index in [9.17, 15) is 0 Å². The molecule has 0 radical (unpaired) electrons. The van der Waals surface area contributed by atoms with E-state index in [0.717, 1.165) is 0 Å². The van der Waals surface area contributed by atoms with Crippen LogP contribution < -0.4 is 5.73 Å². The third-order valence-corrected chi connectivity index (χ3v) is 1.06. The molecule has 0 aliphatic carbocycles. The van der Waals surface area contributed by atoms with E-state index in [1.807, 2.05) is 12.3 Å². The van der Waals surface area contributed by atoms with Crippen LogP contribution in [-0.2, 0) is 0 Å². The van der Waals surface area contributed by atoms with E-state index in [1.54, 1.807) is 0 Å². The Balaban J connectivity index is 3.45. The lowest BCUT2D eigenvalue weighted by molar-refractivity contribution is 1.24. The molecule has 0 aromatic heterocycles. The van der Waals surface area contributed by atoms with Crippen LogP contribution in [0.2, 0.25) is 0 Å². The van der Waals surface area contributed by atoms with Crippen LogP contribution >= 0.6 is 11.8 Å². The van der Waals surface area contributed by atoms with Crippen molar-refractivity contribution in [2.75, 3.05) is 12.8 Å². The molecule has 0 unspecified atom stereocenters. The number of nitrogens with two attached hydrogens (primary N) is 1. The molecule has 44 valence electrons. The summed E-state index contributed by atoms with van der Waals surface area (Å²) in [4.78, 5) is 3.66.